The Bertz CT molecular complexity index is 1140. The fourth-order valence-electron chi connectivity index (χ4n) is 2.22. The van der Waals surface area contributed by atoms with E-state index in [2.05, 4.69) is 10.3 Å². The Morgan fingerprint density at radius 2 is 1.88 bits per heavy atom. The van der Waals surface area contributed by atoms with Crippen molar-refractivity contribution < 1.29 is 13.3 Å². The predicted molar refractivity (Wildman–Crippen MR) is 84.2 cm³/mol. The lowest BCUT2D eigenvalue weighted by Crippen LogP contribution is -2.31. The molecule has 122 valence electrons. The van der Waals surface area contributed by atoms with Gasteiger partial charge in [0.15, 0.2) is 4.90 Å². The molecule has 3 rings (SSSR count). The molecule has 0 saturated carbocycles. The van der Waals surface area contributed by atoms with Crippen molar-refractivity contribution in [1.29, 1.82) is 0 Å². The highest BCUT2D eigenvalue weighted by molar-refractivity contribution is 7.90. The Morgan fingerprint density at radius 3 is 2.58 bits per heavy atom. The van der Waals surface area contributed by atoms with Crippen molar-refractivity contribution in [1.82, 2.24) is 14.4 Å². The minimum absolute atomic E-state index is 0.0622. The van der Waals surface area contributed by atoms with Gasteiger partial charge in [-0.2, -0.15) is 8.42 Å². The second kappa shape index (κ2) is 5.49. The van der Waals surface area contributed by atoms with E-state index in [-0.39, 0.29) is 15.0 Å². The Balaban J connectivity index is 2.33. The quantitative estimate of drug-likeness (QED) is 0.516. The van der Waals surface area contributed by atoms with Crippen LogP contribution in [0.3, 0.4) is 0 Å². The molecule has 0 N–H and O–H groups in total. The molecule has 0 amide bonds. The van der Waals surface area contributed by atoms with Crippen molar-refractivity contribution in [3.05, 3.63) is 68.5 Å². The van der Waals surface area contributed by atoms with Gasteiger partial charge in [-0.1, -0.05) is 27.8 Å². The van der Waals surface area contributed by atoms with Gasteiger partial charge in [0.25, 0.3) is 21.3 Å². The maximum absolute atomic E-state index is 12.7. The van der Waals surface area contributed by atoms with Crippen LogP contribution < -0.4 is 5.56 Å². The van der Waals surface area contributed by atoms with Crippen molar-refractivity contribution >= 4 is 26.6 Å². The number of hydrogen-bond donors (Lipinski definition) is 0. The zero-order valence-corrected chi connectivity index (χ0v) is 13.1. The van der Waals surface area contributed by atoms with E-state index < -0.39 is 31.1 Å². The molecule has 0 aliphatic heterocycles. The summed E-state index contributed by atoms with van der Waals surface area (Å²) in [5.41, 5.74) is -0.584. The van der Waals surface area contributed by atoms with Gasteiger partial charge in [0.05, 0.1) is 10.3 Å². The first-order chi connectivity index (χ1) is 11.3. The zero-order chi connectivity index (χ0) is 17.5. The smallest absolute Gasteiger partial charge is 0.266 e. The van der Waals surface area contributed by atoms with Crippen LogP contribution >= 0.6 is 0 Å². The number of nitro benzene ring substituents is 1. The number of rotatable bonds is 3. The van der Waals surface area contributed by atoms with Crippen LogP contribution in [0.1, 0.15) is 5.56 Å². The van der Waals surface area contributed by atoms with E-state index in [1.54, 1.807) is 19.1 Å². The Labute approximate surface area is 135 Å². The maximum Gasteiger partial charge on any atom is 0.294 e. The van der Waals surface area contributed by atoms with Gasteiger partial charge in [-0.15, -0.1) is 5.10 Å². The van der Waals surface area contributed by atoms with Crippen LogP contribution in [0.25, 0.3) is 10.9 Å². The molecule has 0 aliphatic rings. The first-order valence-corrected chi connectivity index (χ1v) is 8.12. The fraction of sp³-hybridized carbons (Fsp3) is 0.0714. The minimum atomic E-state index is -4.56. The van der Waals surface area contributed by atoms with Crippen molar-refractivity contribution in [2.24, 2.45) is 0 Å². The van der Waals surface area contributed by atoms with Crippen molar-refractivity contribution in [3.63, 3.8) is 0 Å². The average molecular weight is 346 g/mol. The van der Waals surface area contributed by atoms with Crippen LogP contribution in [0.15, 0.2) is 52.2 Å². The summed E-state index contributed by atoms with van der Waals surface area (Å²) in [4.78, 5) is 22.1. The monoisotopic (exact) mass is 346 g/mol. The molecule has 0 fully saturated rings. The van der Waals surface area contributed by atoms with Gasteiger partial charge >= 0.3 is 0 Å². The number of fused-ring (bicyclic) bond motifs is 1. The predicted octanol–water partition coefficient (Wildman–Crippen LogP) is 1.25. The summed E-state index contributed by atoms with van der Waals surface area (Å²) in [5, 5.41) is 18.3. The fourth-order valence-corrected chi connectivity index (χ4v) is 3.51. The molecule has 0 bridgehead atoms. The average Bonchev–Trinajstić information content (AvgIpc) is 2.55. The van der Waals surface area contributed by atoms with Gasteiger partial charge in [0, 0.05) is 6.07 Å². The maximum atomic E-state index is 12.7. The van der Waals surface area contributed by atoms with E-state index in [0.29, 0.717) is 0 Å². The molecule has 0 aliphatic carbocycles. The highest BCUT2D eigenvalue weighted by Gasteiger charge is 2.29. The van der Waals surface area contributed by atoms with Gasteiger partial charge in [-0.05, 0) is 30.3 Å². The lowest BCUT2D eigenvalue weighted by molar-refractivity contribution is -0.387. The van der Waals surface area contributed by atoms with E-state index in [1.165, 1.54) is 18.2 Å². The van der Waals surface area contributed by atoms with Gasteiger partial charge in [-0.25, -0.2) is 0 Å². The summed E-state index contributed by atoms with van der Waals surface area (Å²) in [5.74, 6) is 0. The van der Waals surface area contributed by atoms with E-state index in [4.69, 9.17) is 0 Å². The zero-order valence-electron chi connectivity index (χ0n) is 12.3. The molecule has 0 saturated heterocycles. The number of hydrogen-bond acceptors (Lipinski definition) is 7. The number of aromatic nitrogens is 3. The second-order valence-electron chi connectivity index (χ2n) is 4.99. The summed E-state index contributed by atoms with van der Waals surface area (Å²) >= 11 is 0. The largest absolute Gasteiger partial charge is 0.294 e. The molecule has 24 heavy (non-hydrogen) atoms. The summed E-state index contributed by atoms with van der Waals surface area (Å²) in [6, 6.07) is 9.47. The molecule has 9 nitrogen and oxygen atoms in total. The summed E-state index contributed by atoms with van der Waals surface area (Å²) in [7, 11) is -4.56. The summed E-state index contributed by atoms with van der Waals surface area (Å²) < 4.78 is 25.5. The third-order valence-corrected chi connectivity index (χ3v) is 4.95. The van der Waals surface area contributed by atoms with Crippen LogP contribution in [-0.4, -0.2) is 27.7 Å². The molecule has 3 aromatic rings. The number of aryl methyl sites for hydroxylation is 1. The van der Waals surface area contributed by atoms with Crippen LogP contribution in [-0.2, 0) is 10.0 Å². The number of para-hydroxylation sites is 1. The van der Waals surface area contributed by atoms with E-state index in [0.717, 1.165) is 17.7 Å². The lowest BCUT2D eigenvalue weighted by atomic mass is 10.2. The number of benzene rings is 2. The first kappa shape index (κ1) is 15.7. The molecule has 2 aromatic carbocycles. The third kappa shape index (κ3) is 2.42. The minimum Gasteiger partial charge on any atom is -0.266 e. The standard InChI is InChI=1S/C14H10N4O5S/c1-9-6-7-11-10(8-9)14(19)17(16-15-11)24(22,23)13-5-3-2-4-12(13)18(20)21/h2-8H,1H3. The molecule has 1 aromatic heterocycles. The Kier molecular flexibility index (Phi) is 3.60. The molecule has 0 spiro atoms. The van der Waals surface area contributed by atoms with Crippen LogP contribution in [0, 0.1) is 17.0 Å². The van der Waals surface area contributed by atoms with E-state index in [1.807, 2.05) is 0 Å². The van der Waals surface area contributed by atoms with Crippen molar-refractivity contribution in [3.8, 4) is 0 Å². The molecule has 1 heterocycles. The van der Waals surface area contributed by atoms with Gasteiger partial charge < -0.3 is 0 Å². The Morgan fingerprint density at radius 1 is 1.17 bits per heavy atom. The highest BCUT2D eigenvalue weighted by Crippen LogP contribution is 2.24. The summed E-state index contributed by atoms with van der Waals surface area (Å²) in [6.45, 7) is 1.74. The Hall–Kier alpha value is -3.14. The topological polar surface area (TPSA) is 125 Å². The normalized spacial score (nSPS) is 11.5. The SMILES string of the molecule is Cc1ccc2nnn(S(=O)(=O)c3ccccc3[N+](=O)[O-])c(=O)c2c1. The lowest BCUT2D eigenvalue weighted by Gasteiger charge is -2.07. The third-order valence-electron chi connectivity index (χ3n) is 3.36. The second-order valence-corrected chi connectivity index (χ2v) is 6.72. The van der Waals surface area contributed by atoms with E-state index in [9.17, 15) is 23.3 Å². The van der Waals surface area contributed by atoms with Crippen LogP contribution in [0.2, 0.25) is 0 Å². The molecule has 10 heteroatoms. The number of nitro groups is 1. The van der Waals surface area contributed by atoms with E-state index >= 15 is 0 Å². The summed E-state index contributed by atoms with van der Waals surface area (Å²) in [6.07, 6.45) is 0. The molecule has 0 radical (unpaired) electrons. The first-order valence-electron chi connectivity index (χ1n) is 6.68. The molecule has 0 atom stereocenters. The molecular weight excluding hydrogens is 336 g/mol. The molecule has 0 unspecified atom stereocenters. The number of nitrogens with zero attached hydrogens (tertiary/aromatic N) is 4. The van der Waals surface area contributed by atoms with Gasteiger partial charge in [0.1, 0.15) is 5.52 Å². The highest BCUT2D eigenvalue weighted by atomic mass is 32.2. The van der Waals surface area contributed by atoms with Crippen LogP contribution in [0.5, 0.6) is 0 Å². The van der Waals surface area contributed by atoms with Gasteiger partial charge in [0.2, 0.25) is 0 Å². The molecular formula is C14H10N4O5S. The van der Waals surface area contributed by atoms with Crippen molar-refractivity contribution in [2.75, 3.05) is 0 Å². The van der Waals surface area contributed by atoms with Gasteiger partial charge in [-0.3, -0.25) is 14.9 Å². The van der Waals surface area contributed by atoms with Crippen LogP contribution in [0.4, 0.5) is 5.69 Å². The van der Waals surface area contributed by atoms with Crippen molar-refractivity contribution in [2.45, 2.75) is 11.8 Å².